The zero-order chi connectivity index (χ0) is 15.2. The summed E-state index contributed by atoms with van der Waals surface area (Å²) in [6.07, 6.45) is 2.52. The van der Waals surface area contributed by atoms with E-state index in [4.69, 9.17) is 0 Å². The van der Waals surface area contributed by atoms with E-state index in [1.807, 2.05) is 62.4 Å². The number of phenols is 1. The third kappa shape index (κ3) is 3.76. The van der Waals surface area contributed by atoms with Crippen LogP contribution in [-0.2, 0) is 6.42 Å². The molecule has 21 heavy (non-hydrogen) atoms. The molecule has 108 valence electrons. The molecule has 2 rings (SSSR count). The Hall–Kier alpha value is -2.48. The van der Waals surface area contributed by atoms with Gasteiger partial charge in [-0.1, -0.05) is 54.6 Å². The van der Waals surface area contributed by atoms with E-state index >= 15 is 0 Å². The van der Waals surface area contributed by atoms with Crippen molar-refractivity contribution in [3.63, 3.8) is 0 Å². The lowest BCUT2D eigenvalue weighted by molar-refractivity contribution is 0.425. The maximum atomic E-state index is 10.3. The normalized spacial score (nSPS) is 13.0. The number of aliphatic hydroxyl groups is 1. The van der Waals surface area contributed by atoms with Crippen molar-refractivity contribution in [3.05, 3.63) is 83.1 Å². The Bertz CT molecular complexity index is 667. The fraction of sp³-hybridized carbons (Fsp3) is 0.158. The van der Waals surface area contributed by atoms with Crippen molar-refractivity contribution in [2.75, 3.05) is 0 Å². The zero-order valence-corrected chi connectivity index (χ0v) is 12.4. The SMILES string of the molecule is CC(=C/Cc1ccccc1O)/C(O)=C(\C)c1ccccc1. The summed E-state index contributed by atoms with van der Waals surface area (Å²) in [5.41, 5.74) is 3.51. The van der Waals surface area contributed by atoms with Crippen molar-refractivity contribution in [2.45, 2.75) is 20.3 Å². The second-order valence-corrected chi connectivity index (χ2v) is 5.06. The van der Waals surface area contributed by atoms with Gasteiger partial charge in [-0.05, 0) is 48.6 Å². The van der Waals surface area contributed by atoms with Crippen LogP contribution in [-0.4, -0.2) is 10.2 Å². The fourth-order valence-electron chi connectivity index (χ4n) is 2.16. The first-order valence-electron chi connectivity index (χ1n) is 6.99. The highest BCUT2D eigenvalue weighted by Gasteiger charge is 2.05. The van der Waals surface area contributed by atoms with Crippen molar-refractivity contribution in [2.24, 2.45) is 0 Å². The zero-order valence-electron chi connectivity index (χ0n) is 12.4. The van der Waals surface area contributed by atoms with Gasteiger partial charge in [-0.15, -0.1) is 0 Å². The second-order valence-electron chi connectivity index (χ2n) is 5.06. The van der Waals surface area contributed by atoms with Gasteiger partial charge in [0.1, 0.15) is 11.5 Å². The van der Waals surface area contributed by atoms with Gasteiger partial charge in [0.15, 0.2) is 0 Å². The number of para-hydroxylation sites is 1. The maximum Gasteiger partial charge on any atom is 0.121 e. The van der Waals surface area contributed by atoms with Gasteiger partial charge in [0.2, 0.25) is 0 Å². The minimum absolute atomic E-state index is 0.282. The monoisotopic (exact) mass is 280 g/mol. The minimum atomic E-state index is 0.282. The van der Waals surface area contributed by atoms with Gasteiger partial charge in [-0.3, -0.25) is 0 Å². The summed E-state index contributed by atoms with van der Waals surface area (Å²) >= 11 is 0. The van der Waals surface area contributed by atoms with Crippen molar-refractivity contribution >= 4 is 5.57 Å². The first-order chi connectivity index (χ1) is 10.1. The Morgan fingerprint density at radius 1 is 0.952 bits per heavy atom. The van der Waals surface area contributed by atoms with Crippen molar-refractivity contribution < 1.29 is 10.2 Å². The molecule has 2 aromatic rings. The van der Waals surface area contributed by atoms with Gasteiger partial charge in [0.05, 0.1) is 0 Å². The van der Waals surface area contributed by atoms with Crippen LogP contribution in [0.5, 0.6) is 5.75 Å². The third-order valence-electron chi connectivity index (χ3n) is 3.56. The number of hydrogen-bond donors (Lipinski definition) is 2. The number of aliphatic hydroxyl groups excluding tert-OH is 1. The molecule has 0 unspecified atom stereocenters. The van der Waals surface area contributed by atoms with E-state index in [2.05, 4.69) is 0 Å². The Kier molecular flexibility index (Phi) is 4.83. The first-order valence-corrected chi connectivity index (χ1v) is 6.99. The van der Waals surface area contributed by atoms with Crippen molar-refractivity contribution in [3.8, 4) is 5.75 Å². The predicted molar refractivity (Wildman–Crippen MR) is 87.2 cm³/mol. The van der Waals surface area contributed by atoms with Crippen LogP contribution in [0.2, 0.25) is 0 Å². The molecule has 2 nitrogen and oxygen atoms in total. The number of hydrogen-bond acceptors (Lipinski definition) is 2. The van der Waals surface area contributed by atoms with E-state index in [0.29, 0.717) is 6.42 Å². The lowest BCUT2D eigenvalue weighted by Gasteiger charge is -2.08. The first kappa shape index (κ1) is 14.9. The molecular weight excluding hydrogens is 260 g/mol. The van der Waals surface area contributed by atoms with Crippen LogP contribution in [0, 0.1) is 0 Å². The van der Waals surface area contributed by atoms with Crippen LogP contribution in [0.4, 0.5) is 0 Å². The van der Waals surface area contributed by atoms with Crippen LogP contribution in [0.3, 0.4) is 0 Å². The van der Waals surface area contributed by atoms with Crippen LogP contribution in [0.25, 0.3) is 5.57 Å². The summed E-state index contributed by atoms with van der Waals surface area (Å²) in [4.78, 5) is 0. The molecule has 0 fully saturated rings. The van der Waals surface area contributed by atoms with E-state index in [-0.39, 0.29) is 11.5 Å². The molecule has 0 aliphatic heterocycles. The highest BCUT2D eigenvalue weighted by Crippen LogP contribution is 2.23. The minimum Gasteiger partial charge on any atom is -0.508 e. The molecule has 0 aliphatic carbocycles. The molecule has 2 aromatic carbocycles. The van der Waals surface area contributed by atoms with Gasteiger partial charge in [0.25, 0.3) is 0 Å². The summed E-state index contributed by atoms with van der Waals surface area (Å²) < 4.78 is 0. The molecule has 0 bridgehead atoms. The molecule has 0 radical (unpaired) electrons. The van der Waals surface area contributed by atoms with Crippen molar-refractivity contribution in [1.29, 1.82) is 0 Å². The van der Waals surface area contributed by atoms with E-state index < -0.39 is 0 Å². The second kappa shape index (κ2) is 6.80. The maximum absolute atomic E-state index is 10.3. The van der Waals surface area contributed by atoms with Gasteiger partial charge in [-0.25, -0.2) is 0 Å². The smallest absolute Gasteiger partial charge is 0.121 e. The predicted octanol–water partition coefficient (Wildman–Crippen LogP) is 4.87. The summed E-state index contributed by atoms with van der Waals surface area (Å²) in [6.45, 7) is 3.78. The van der Waals surface area contributed by atoms with Gasteiger partial charge in [0, 0.05) is 0 Å². The van der Waals surface area contributed by atoms with Gasteiger partial charge >= 0.3 is 0 Å². The Morgan fingerprint density at radius 2 is 1.57 bits per heavy atom. The molecule has 2 N–H and O–H groups in total. The van der Waals surface area contributed by atoms with Crippen LogP contribution in [0.1, 0.15) is 25.0 Å². The largest absolute Gasteiger partial charge is 0.508 e. The number of rotatable bonds is 4. The van der Waals surface area contributed by atoms with Gasteiger partial charge in [-0.2, -0.15) is 0 Å². The van der Waals surface area contributed by atoms with E-state index in [9.17, 15) is 10.2 Å². The molecule has 0 atom stereocenters. The number of allylic oxidation sites excluding steroid dienone is 3. The molecule has 0 aliphatic rings. The standard InChI is InChI=1S/C19H20O2/c1-14(12-13-17-10-6-7-11-18(17)20)19(21)15(2)16-8-4-3-5-9-16/h3-12,20-21H,13H2,1-2H3/b14-12-,19-15-. The molecule has 0 saturated heterocycles. The molecule has 0 amide bonds. The summed E-state index contributed by atoms with van der Waals surface area (Å²) in [6, 6.07) is 17.0. The van der Waals surface area contributed by atoms with E-state index in [0.717, 1.165) is 22.3 Å². The molecule has 0 aromatic heterocycles. The Balaban J connectivity index is 2.21. The number of aromatic hydroxyl groups is 1. The molecule has 0 spiro atoms. The van der Waals surface area contributed by atoms with Gasteiger partial charge < -0.3 is 10.2 Å². The summed E-state index contributed by atoms with van der Waals surface area (Å²) in [7, 11) is 0. The summed E-state index contributed by atoms with van der Waals surface area (Å²) in [5.74, 6) is 0.571. The van der Waals surface area contributed by atoms with E-state index in [1.165, 1.54) is 0 Å². The topological polar surface area (TPSA) is 40.5 Å². The quantitative estimate of drug-likeness (QED) is 0.619. The van der Waals surface area contributed by atoms with E-state index in [1.54, 1.807) is 12.1 Å². The van der Waals surface area contributed by atoms with Crippen LogP contribution < -0.4 is 0 Å². The molecule has 0 heterocycles. The van der Waals surface area contributed by atoms with Crippen molar-refractivity contribution in [1.82, 2.24) is 0 Å². The molecule has 2 heteroatoms. The molecule has 0 saturated carbocycles. The highest BCUT2D eigenvalue weighted by molar-refractivity contribution is 5.68. The Morgan fingerprint density at radius 3 is 2.24 bits per heavy atom. The average Bonchev–Trinajstić information content (AvgIpc) is 2.53. The van der Waals surface area contributed by atoms with Crippen LogP contribution >= 0.6 is 0 Å². The average molecular weight is 280 g/mol. The lowest BCUT2D eigenvalue weighted by Crippen LogP contribution is -1.92. The third-order valence-corrected chi connectivity index (χ3v) is 3.56. The number of benzene rings is 2. The highest BCUT2D eigenvalue weighted by atomic mass is 16.3. The Labute approximate surface area is 125 Å². The fourth-order valence-corrected chi connectivity index (χ4v) is 2.16. The lowest BCUT2D eigenvalue weighted by atomic mass is 10.0. The van der Waals surface area contributed by atoms with Crippen LogP contribution in [0.15, 0.2) is 72.0 Å². The summed E-state index contributed by atoms with van der Waals surface area (Å²) in [5, 5.41) is 20.1. The molecular formula is C19H20O2. The number of phenolic OH excluding ortho intramolecular Hbond substituents is 1.